The molecule has 12 heteroatoms. The lowest BCUT2D eigenvalue weighted by Gasteiger charge is -2.16. The minimum absolute atomic E-state index is 0.291. The van der Waals surface area contributed by atoms with Gasteiger partial charge in [0.05, 0.1) is 23.3 Å². The summed E-state index contributed by atoms with van der Waals surface area (Å²) in [6.45, 7) is 0.375. The van der Waals surface area contributed by atoms with Crippen molar-refractivity contribution < 1.29 is 14.2 Å². The van der Waals surface area contributed by atoms with Crippen LogP contribution in [-0.2, 0) is 19.4 Å². The lowest BCUT2D eigenvalue weighted by atomic mass is 10.1. The fourth-order valence-electron chi connectivity index (χ4n) is 5.56. The summed E-state index contributed by atoms with van der Waals surface area (Å²) in [5, 5.41) is 19.2. The molecule has 2 heterocycles. The molecule has 282 valence electrons. The number of H-pyrrole nitrogens is 1. The first-order valence-corrected chi connectivity index (χ1v) is 19.6. The van der Waals surface area contributed by atoms with Gasteiger partial charge in [0.2, 0.25) is 5.88 Å². The Kier molecular flexibility index (Phi) is 14.2. The van der Waals surface area contributed by atoms with Crippen LogP contribution in [0, 0.1) is 22.7 Å². The topological polar surface area (TPSA) is 121 Å². The van der Waals surface area contributed by atoms with Crippen molar-refractivity contribution in [1.82, 2.24) is 9.97 Å². The highest BCUT2D eigenvalue weighted by atomic mass is 79.9. The van der Waals surface area contributed by atoms with Gasteiger partial charge >= 0.3 is 0 Å². The number of rotatable bonds is 11. The zero-order chi connectivity index (χ0) is 40.1. The van der Waals surface area contributed by atoms with Gasteiger partial charge in [0.25, 0.3) is 5.56 Å². The number of nitriles is 2. The average Bonchev–Trinajstić information content (AvgIpc) is 3.22. The summed E-state index contributed by atoms with van der Waals surface area (Å²) in [6, 6.07) is 43.5. The fourth-order valence-corrected chi connectivity index (χ4v) is 7.01. The molecule has 0 unspecified atom stereocenters. The van der Waals surface area contributed by atoms with Gasteiger partial charge in [-0.1, -0.05) is 114 Å². The number of halogens is 4. The van der Waals surface area contributed by atoms with Gasteiger partial charge in [-0.15, -0.1) is 0 Å². The SMILES string of the molecule is N#Cc1cc(Cl)cc(Oc2c(Cc3ccccc3)c[nH]c(=O)c2Br)c1.N#Cc1cc(Cl)cc(Oc2c(Cc3ccccc3)cnc(OCc3ccccc3)c2Br)c1. The van der Waals surface area contributed by atoms with Gasteiger partial charge in [-0.3, -0.25) is 4.79 Å². The van der Waals surface area contributed by atoms with Gasteiger partial charge in [0.1, 0.15) is 27.1 Å². The number of nitrogens with zero attached hydrogens (tertiary/aromatic N) is 3. The molecule has 0 aliphatic carbocycles. The van der Waals surface area contributed by atoms with E-state index in [1.165, 1.54) is 0 Å². The molecule has 0 fully saturated rings. The van der Waals surface area contributed by atoms with Crippen LogP contribution in [-0.4, -0.2) is 9.97 Å². The first kappa shape index (κ1) is 40.8. The molecule has 0 atom stereocenters. The molecule has 8 nitrogen and oxygen atoms in total. The predicted octanol–water partition coefficient (Wildman–Crippen LogP) is 12.4. The fraction of sp³-hybridized carbons (Fsp3) is 0.0667. The Morgan fingerprint density at radius 2 is 1.11 bits per heavy atom. The highest BCUT2D eigenvalue weighted by molar-refractivity contribution is 9.11. The number of pyridine rings is 2. The molecule has 0 saturated carbocycles. The first-order valence-electron chi connectivity index (χ1n) is 17.3. The summed E-state index contributed by atoms with van der Waals surface area (Å²) in [7, 11) is 0. The molecular weight excluding hydrogens is 891 g/mol. The second kappa shape index (κ2) is 19.8. The van der Waals surface area contributed by atoms with Crippen LogP contribution in [0.5, 0.6) is 28.9 Å². The van der Waals surface area contributed by atoms with Crippen LogP contribution in [0.2, 0.25) is 10.0 Å². The molecule has 0 bridgehead atoms. The molecule has 7 rings (SSSR count). The Morgan fingerprint density at radius 3 is 1.61 bits per heavy atom. The maximum atomic E-state index is 12.0. The highest BCUT2D eigenvalue weighted by Gasteiger charge is 2.18. The first-order chi connectivity index (χ1) is 27.7. The van der Waals surface area contributed by atoms with Crippen molar-refractivity contribution in [1.29, 1.82) is 10.5 Å². The Morgan fingerprint density at radius 1 is 0.632 bits per heavy atom. The van der Waals surface area contributed by atoms with E-state index in [0.29, 0.717) is 78.4 Å². The minimum Gasteiger partial charge on any atom is -0.472 e. The average molecular weight is 921 g/mol. The molecule has 0 radical (unpaired) electrons. The van der Waals surface area contributed by atoms with Gasteiger partial charge < -0.3 is 19.2 Å². The predicted molar refractivity (Wildman–Crippen MR) is 228 cm³/mol. The summed E-state index contributed by atoms with van der Waals surface area (Å²) in [6.07, 6.45) is 4.58. The third-order valence-electron chi connectivity index (χ3n) is 8.22. The van der Waals surface area contributed by atoms with Crippen LogP contribution in [0.25, 0.3) is 0 Å². The van der Waals surface area contributed by atoms with E-state index in [0.717, 1.165) is 27.8 Å². The Hall–Kier alpha value is -5.88. The van der Waals surface area contributed by atoms with E-state index >= 15 is 0 Å². The van der Waals surface area contributed by atoms with E-state index in [4.69, 9.17) is 42.7 Å². The van der Waals surface area contributed by atoms with E-state index in [-0.39, 0.29) is 5.56 Å². The number of nitrogens with one attached hydrogen (secondary N) is 1. The van der Waals surface area contributed by atoms with Crippen molar-refractivity contribution in [3.05, 3.63) is 208 Å². The molecule has 0 spiro atoms. The zero-order valence-corrected chi connectivity index (χ0v) is 34.6. The largest absolute Gasteiger partial charge is 0.472 e. The lowest BCUT2D eigenvalue weighted by Crippen LogP contribution is -2.10. The summed E-state index contributed by atoms with van der Waals surface area (Å²) >= 11 is 19.1. The quantitative estimate of drug-likeness (QED) is 0.137. The second-order valence-corrected chi connectivity index (χ2v) is 14.9. The molecule has 0 aliphatic heterocycles. The summed E-state index contributed by atoms with van der Waals surface area (Å²) in [4.78, 5) is 19.2. The zero-order valence-electron chi connectivity index (χ0n) is 29.9. The third kappa shape index (κ3) is 11.3. The van der Waals surface area contributed by atoms with E-state index in [1.807, 2.05) is 97.1 Å². The van der Waals surface area contributed by atoms with Crippen molar-refractivity contribution >= 4 is 55.1 Å². The smallest absolute Gasteiger partial charge is 0.266 e. The standard InChI is InChI=1S/C26H18BrClN2O2.C19H12BrClN2O2/c27-24-25(32-23-13-20(15-29)12-22(28)14-23)21(11-18-7-3-1-4-8-18)16-30-26(24)31-17-19-9-5-2-6-10-19;20-17-18(25-16-8-13(10-22)7-15(21)9-16)14(11-23-19(17)24)6-12-4-2-1-3-5-12/h1-10,12-14,16H,11,17H2;1-5,7-9,11H,6H2,(H,23,24). The molecule has 0 amide bonds. The van der Waals surface area contributed by atoms with E-state index in [9.17, 15) is 10.1 Å². The van der Waals surface area contributed by atoms with Gasteiger partial charge in [-0.25, -0.2) is 4.98 Å². The number of benzene rings is 5. The number of aromatic amines is 1. The highest BCUT2D eigenvalue weighted by Crippen LogP contribution is 2.40. The monoisotopic (exact) mass is 918 g/mol. The summed E-state index contributed by atoms with van der Waals surface area (Å²) in [5.74, 6) is 2.24. The van der Waals surface area contributed by atoms with Crippen molar-refractivity contribution in [2.24, 2.45) is 0 Å². The maximum Gasteiger partial charge on any atom is 0.266 e. The van der Waals surface area contributed by atoms with Gasteiger partial charge in [0, 0.05) is 46.4 Å². The van der Waals surface area contributed by atoms with Crippen LogP contribution < -0.4 is 19.8 Å². The molecule has 5 aromatic carbocycles. The van der Waals surface area contributed by atoms with E-state index in [2.05, 4.69) is 47.9 Å². The van der Waals surface area contributed by atoms with Crippen LogP contribution in [0.3, 0.4) is 0 Å². The van der Waals surface area contributed by atoms with Crippen molar-refractivity contribution in [3.8, 4) is 41.0 Å². The van der Waals surface area contributed by atoms with Crippen molar-refractivity contribution in [3.63, 3.8) is 0 Å². The van der Waals surface area contributed by atoms with Gasteiger partial charge in [-0.05, 0) is 84.9 Å². The number of ether oxygens (including phenoxy) is 3. The van der Waals surface area contributed by atoms with Crippen LogP contribution in [0.15, 0.2) is 154 Å². The Labute approximate surface area is 356 Å². The maximum absolute atomic E-state index is 12.0. The third-order valence-corrected chi connectivity index (χ3v) is 10.1. The normalized spacial score (nSPS) is 10.4. The summed E-state index contributed by atoms with van der Waals surface area (Å²) in [5.41, 5.74) is 5.41. The molecule has 1 N–H and O–H groups in total. The van der Waals surface area contributed by atoms with Crippen LogP contribution in [0.4, 0.5) is 0 Å². The van der Waals surface area contributed by atoms with Gasteiger partial charge in [0.15, 0.2) is 11.5 Å². The van der Waals surface area contributed by atoms with Crippen LogP contribution in [0.1, 0.15) is 38.9 Å². The molecule has 0 saturated heterocycles. The lowest BCUT2D eigenvalue weighted by molar-refractivity contribution is 0.289. The van der Waals surface area contributed by atoms with Crippen LogP contribution >= 0.6 is 55.1 Å². The van der Waals surface area contributed by atoms with E-state index < -0.39 is 0 Å². The molecule has 2 aromatic heterocycles. The number of aromatic nitrogens is 2. The molecule has 57 heavy (non-hydrogen) atoms. The Balaban J connectivity index is 0.000000199. The van der Waals surface area contributed by atoms with Gasteiger partial charge in [-0.2, -0.15) is 10.5 Å². The number of hydrogen-bond donors (Lipinski definition) is 1. The molecule has 0 aliphatic rings. The number of hydrogen-bond acceptors (Lipinski definition) is 7. The van der Waals surface area contributed by atoms with Crippen molar-refractivity contribution in [2.75, 3.05) is 0 Å². The van der Waals surface area contributed by atoms with E-state index in [1.54, 1.807) is 48.8 Å². The summed E-state index contributed by atoms with van der Waals surface area (Å²) < 4.78 is 19.0. The molecular formula is C45H30Br2Cl2N4O4. The second-order valence-electron chi connectivity index (χ2n) is 12.4. The molecule has 7 aromatic rings. The van der Waals surface area contributed by atoms with Crippen molar-refractivity contribution in [2.45, 2.75) is 19.4 Å². The minimum atomic E-state index is -0.297. The Bertz CT molecular complexity index is 2630.